The van der Waals surface area contributed by atoms with E-state index in [4.69, 9.17) is 10.5 Å². The number of ether oxygens (including phenoxy) is 1. The first kappa shape index (κ1) is 21.7. The van der Waals surface area contributed by atoms with Crippen molar-refractivity contribution in [3.8, 4) is 5.75 Å². The van der Waals surface area contributed by atoms with Gasteiger partial charge in [0.2, 0.25) is 0 Å². The fourth-order valence-corrected chi connectivity index (χ4v) is 4.75. The minimum atomic E-state index is -3.62. The lowest BCUT2D eigenvalue weighted by atomic mass is 9.86. The Balaban J connectivity index is 2.14. The SMILES string of the molecule is CCOC1=C(O)CC(C)C([C@@H](CS(C)(=O)=O)N2C(=O)c3ccc(O)c(N)c3C2=O)=C1. The molecule has 10 heteroatoms. The number of sulfone groups is 1. The smallest absolute Gasteiger partial charge is 0.264 e. The van der Waals surface area contributed by atoms with Crippen molar-refractivity contribution in [2.75, 3.05) is 24.3 Å². The molecule has 0 aromatic heterocycles. The molecule has 1 aliphatic carbocycles. The number of allylic oxidation sites excluding steroid dienone is 2. The van der Waals surface area contributed by atoms with Crippen LogP contribution in [0.3, 0.4) is 0 Å². The lowest BCUT2D eigenvalue weighted by molar-refractivity contribution is 0.0613. The van der Waals surface area contributed by atoms with Gasteiger partial charge in [-0.2, -0.15) is 0 Å². The molecule has 1 unspecified atom stereocenters. The van der Waals surface area contributed by atoms with E-state index in [1.807, 2.05) is 0 Å². The highest BCUT2D eigenvalue weighted by Gasteiger charge is 2.45. The first-order valence-corrected chi connectivity index (χ1v) is 11.5. The van der Waals surface area contributed by atoms with Crippen molar-refractivity contribution in [1.29, 1.82) is 0 Å². The fourth-order valence-electron chi connectivity index (χ4n) is 3.84. The molecule has 30 heavy (non-hydrogen) atoms. The van der Waals surface area contributed by atoms with E-state index in [2.05, 4.69) is 0 Å². The van der Waals surface area contributed by atoms with Gasteiger partial charge in [-0.1, -0.05) is 6.92 Å². The van der Waals surface area contributed by atoms with Crippen LogP contribution < -0.4 is 5.73 Å². The summed E-state index contributed by atoms with van der Waals surface area (Å²) in [4.78, 5) is 27.1. The van der Waals surface area contributed by atoms with E-state index < -0.39 is 33.4 Å². The third-order valence-electron chi connectivity index (χ3n) is 5.21. The van der Waals surface area contributed by atoms with Gasteiger partial charge in [0.25, 0.3) is 11.8 Å². The van der Waals surface area contributed by atoms with Gasteiger partial charge in [0.1, 0.15) is 21.3 Å². The molecule has 2 atom stereocenters. The number of aromatic hydroxyl groups is 1. The lowest BCUT2D eigenvalue weighted by Crippen LogP contribution is -2.46. The van der Waals surface area contributed by atoms with Crippen molar-refractivity contribution in [2.24, 2.45) is 5.92 Å². The topological polar surface area (TPSA) is 147 Å². The molecular weight excluding hydrogens is 412 g/mol. The average Bonchev–Trinajstić information content (AvgIpc) is 2.89. The van der Waals surface area contributed by atoms with Gasteiger partial charge < -0.3 is 20.7 Å². The number of phenolic OH excluding ortho intramolecular Hbond substituents is 1. The molecule has 2 aliphatic rings. The Morgan fingerprint density at radius 3 is 2.53 bits per heavy atom. The summed E-state index contributed by atoms with van der Waals surface area (Å²) in [5.41, 5.74) is 5.91. The van der Waals surface area contributed by atoms with E-state index >= 15 is 0 Å². The van der Waals surface area contributed by atoms with Gasteiger partial charge in [-0.25, -0.2) is 8.42 Å². The molecule has 9 nitrogen and oxygen atoms in total. The predicted molar refractivity (Wildman–Crippen MR) is 110 cm³/mol. The van der Waals surface area contributed by atoms with E-state index in [1.165, 1.54) is 18.2 Å². The molecule has 1 heterocycles. The number of imide groups is 1. The Morgan fingerprint density at radius 2 is 1.93 bits per heavy atom. The number of nitrogens with two attached hydrogens (primary N) is 1. The molecule has 1 aliphatic heterocycles. The summed E-state index contributed by atoms with van der Waals surface area (Å²) in [7, 11) is -3.62. The van der Waals surface area contributed by atoms with Crippen LogP contribution in [0.5, 0.6) is 5.75 Å². The molecule has 2 amide bonds. The number of aliphatic hydroxyl groups is 1. The van der Waals surface area contributed by atoms with Crippen molar-refractivity contribution < 1.29 is 33.0 Å². The molecule has 0 saturated heterocycles. The number of amides is 2. The van der Waals surface area contributed by atoms with Crippen LogP contribution in [0.25, 0.3) is 0 Å². The molecule has 0 spiro atoms. The number of nitrogen functional groups attached to an aromatic ring is 1. The zero-order valence-corrected chi connectivity index (χ0v) is 17.7. The molecule has 1 aromatic rings. The third-order valence-corrected chi connectivity index (χ3v) is 6.13. The number of carbonyl (C=O) groups is 2. The zero-order chi connectivity index (χ0) is 22.4. The highest BCUT2D eigenvalue weighted by atomic mass is 32.2. The minimum absolute atomic E-state index is 0.00119. The van der Waals surface area contributed by atoms with Crippen molar-refractivity contribution in [3.63, 3.8) is 0 Å². The number of benzene rings is 1. The number of rotatable bonds is 6. The van der Waals surface area contributed by atoms with Crippen molar-refractivity contribution >= 4 is 27.3 Å². The van der Waals surface area contributed by atoms with Crippen LogP contribution in [0.1, 0.15) is 41.0 Å². The Hall–Kier alpha value is -3.01. The first-order chi connectivity index (χ1) is 14.0. The number of aliphatic hydroxyl groups excluding tert-OH is 1. The van der Waals surface area contributed by atoms with Crippen LogP contribution in [0, 0.1) is 5.92 Å². The van der Waals surface area contributed by atoms with Gasteiger partial charge >= 0.3 is 0 Å². The highest BCUT2D eigenvalue weighted by Crippen LogP contribution is 2.39. The van der Waals surface area contributed by atoms with Crippen LogP contribution in [-0.4, -0.2) is 60.0 Å². The molecule has 0 saturated carbocycles. The molecule has 1 aromatic carbocycles. The monoisotopic (exact) mass is 436 g/mol. The van der Waals surface area contributed by atoms with Crippen LogP contribution in [0.4, 0.5) is 5.69 Å². The van der Waals surface area contributed by atoms with E-state index in [-0.39, 0.29) is 53.0 Å². The van der Waals surface area contributed by atoms with Crippen LogP contribution in [0.2, 0.25) is 0 Å². The number of hydrogen-bond donors (Lipinski definition) is 3. The van der Waals surface area contributed by atoms with Gasteiger partial charge in [0.05, 0.1) is 35.2 Å². The summed E-state index contributed by atoms with van der Waals surface area (Å²) >= 11 is 0. The van der Waals surface area contributed by atoms with Gasteiger partial charge in [-0.3, -0.25) is 14.5 Å². The summed E-state index contributed by atoms with van der Waals surface area (Å²) in [5.74, 6) is -2.47. The van der Waals surface area contributed by atoms with Crippen molar-refractivity contribution in [2.45, 2.75) is 26.3 Å². The highest BCUT2D eigenvalue weighted by molar-refractivity contribution is 7.90. The van der Waals surface area contributed by atoms with Gasteiger partial charge in [0, 0.05) is 12.7 Å². The largest absolute Gasteiger partial charge is 0.508 e. The third kappa shape index (κ3) is 3.74. The van der Waals surface area contributed by atoms with E-state index in [0.717, 1.165) is 11.2 Å². The second-order valence-electron chi connectivity index (χ2n) is 7.50. The minimum Gasteiger partial charge on any atom is -0.508 e. The Bertz CT molecular complexity index is 1090. The zero-order valence-electron chi connectivity index (χ0n) is 16.9. The molecule has 3 rings (SSSR count). The Kier molecular flexibility index (Phi) is 5.55. The van der Waals surface area contributed by atoms with Gasteiger partial charge in [-0.15, -0.1) is 0 Å². The quantitative estimate of drug-likeness (QED) is 0.347. The van der Waals surface area contributed by atoms with Crippen LogP contribution >= 0.6 is 0 Å². The Labute approximate surface area is 174 Å². The van der Waals surface area contributed by atoms with E-state index in [1.54, 1.807) is 13.8 Å². The van der Waals surface area contributed by atoms with Gasteiger partial charge in [-0.05, 0) is 36.6 Å². The maximum absolute atomic E-state index is 13.1. The summed E-state index contributed by atoms with van der Waals surface area (Å²) in [6.07, 6.45) is 2.68. The Morgan fingerprint density at radius 1 is 1.27 bits per heavy atom. The van der Waals surface area contributed by atoms with Crippen molar-refractivity contribution in [3.05, 3.63) is 46.4 Å². The first-order valence-electron chi connectivity index (χ1n) is 9.39. The summed E-state index contributed by atoms with van der Waals surface area (Å²) in [5, 5.41) is 20.0. The molecule has 0 bridgehead atoms. The molecule has 0 fully saturated rings. The van der Waals surface area contributed by atoms with Crippen molar-refractivity contribution in [1.82, 2.24) is 4.90 Å². The number of phenols is 1. The molecule has 4 N–H and O–H groups in total. The summed E-state index contributed by atoms with van der Waals surface area (Å²) in [6.45, 7) is 3.77. The number of hydrogen-bond acceptors (Lipinski definition) is 8. The van der Waals surface area contributed by atoms with Crippen LogP contribution in [-0.2, 0) is 14.6 Å². The number of nitrogens with zero attached hydrogens (tertiary/aromatic N) is 1. The summed E-state index contributed by atoms with van der Waals surface area (Å²) in [6, 6.07) is 1.38. The predicted octanol–water partition coefficient (Wildman–Crippen LogP) is 1.76. The number of carbonyl (C=O) groups excluding carboxylic acids is 2. The normalized spacial score (nSPS) is 20.3. The number of fused-ring (bicyclic) bond motifs is 1. The lowest BCUT2D eigenvalue weighted by Gasteiger charge is -2.33. The van der Waals surface area contributed by atoms with E-state index in [0.29, 0.717) is 5.57 Å². The average molecular weight is 436 g/mol. The van der Waals surface area contributed by atoms with Crippen LogP contribution in [0.15, 0.2) is 35.3 Å². The summed E-state index contributed by atoms with van der Waals surface area (Å²) < 4.78 is 29.8. The second-order valence-corrected chi connectivity index (χ2v) is 9.69. The maximum Gasteiger partial charge on any atom is 0.264 e. The fraction of sp³-hybridized carbons (Fsp3) is 0.400. The molecular formula is C20H24N2O7S. The maximum atomic E-state index is 13.1. The standard InChI is InChI=1S/C20H24N2O7S/c1-4-29-16-8-12(10(2)7-15(16)24)13(9-30(3,27)28)22-19(25)11-5-6-14(23)18(21)17(11)20(22)26/h5-6,8,10,13,23-24H,4,7,9,21H2,1-3H3/t10?,13-/m1/s1. The van der Waals surface area contributed by atoms with Gasteiger partial charge in [0.15, 0.2) is 5.76 Å². The second kappa shape index (κ2) is 7.67. The number of anilines is 1. The molecule has 0 radical (unpaired) electrons. The molecule has 162 valence electrons. The van der Waals surface area contributed by atoms with E-state index in [9.17, 15) is 28.2 Å².